The molecule has 2 aromatic rings. The second-order valence-corrected chi connectivity index (χ2v) is 10.6. The molecule has 150 valence electrons. The maximum atomic E-state index is 12.4. The summed E-state index contributed by atoms with van der Waals surface area (Å²) in [5.74, 6) is -0.773. The molecule has 0 radical (unpaired) electrons. The molecule has 0 saturated heterocycles. The highest BCUT2D eigenvalue weighted by Gasteiger charge is 2.27. The first-order valence-corrected chi connectivity index (χ1v) is 11.7. The summed E-state index contributed by atoms with van der Waals surface area (Å²) in [5, 5.41) is 3.15. The standard InChI is InChI=1S/C20H24N2O4S2/c1-12-3-6-14(7-4-12)28(25,26)10-9-17(23)22-20-18(19(21)24)15-8-5-13(2)11-16(15)27-20/h3-4,6-7,13H,5,8-11H2,1-2H3,(H2,21,24)(H,22,23)/t13-/m1/s1. The van der Waals surface area contributed by atoms with Crippen LogP contribution in [0.5, 0.6) is 0 Å². The third kappa shape index (κ3) is 4.44. The van der Waals surface area contributed by atoms with Crippen LogP contribution in [0.2, 0.25) is 0 Å². The Morgan fingerprint density at radius 1 is 1.25 bits per heavy atom. The van der Waals surface area contributed by atoms with Crippen molar-refractivity contribution in [3.8, 4) is 0 Å². The van der Waals surface area contributed by atoms with Gasteiger partial charge < -0.3 is 11.1 Å². The van der Waals surface area contributed by atoms with E-state index in [0.717, 1.165) is 35.3 Å². The van der Waals surface area contributed by atoms with Crippen LogP contribution in [0.4, 0.5) is 5.00 Å². The molecule has 1 heterocycles. The van der Waals surface area contributed by atoms with Crippen LogP contribution in [0.3, 0.4) is 0 Å². The Labute approximate surface area is 169 Å². The van der Waals surface area contributed by atoms with Gasteiger partial charge in [-0.25, -0.2) is 8.42 Å². The Kier molecular flexibility index (Phi) is 5.90. The fourth-order valence-electron chi connectivity index (χ4n) is 3.38. The van der Waals surface area contributed by atoms with Gasteiger partial charge in [-0.3, -0.25) is 9.59 Å². The van der Waals surface area contributed by atoms with Gasteiger partial charge in [-0.2, -0.15) is 0 Å². The fourth-order valence-corrected chi connectivity index (χ4v) is 6.05. The number of carbonyl (C=O) groups excluding carboxylic acids is 2. The molecule has 3 rings (SSSR count). The first-order chi connectivity index (χ1) is 13.2. The Hall–Kier alpha value is -2.19. The van der Waals surface area contributed by atoms with E-state index >= 15 is 0 Å². The van der Waals surface area contributed by atoms with E-state index in [1.165, 1.54) is 11.3 Å². The van der Waals surface area contributed by atoms with Crippen molar-refractivity contribution in [1.82, 2.24) is 0 Å². The molecule has 0 bridgehead atoms. The van der Waals surface area contributed by atoms with Gasteiger partial charge in [0.05, 0.1) is 16.2 Å². The van der Waals surface area contributed by atoms with E-state index in [9.17, 15) is 18.0 Å². The van der Waals surface area contributed by atoms with E-state index in [-0.39, 0.29) is 17.1 Å². The molecule has 0 aliphatic heterocycles. The number of carbonyl (C=O) groups is 2. The molecule has 1 aromatic carbocycles. The van der Waals surface area contributed by atoms with Crippen LogP contribution in [0.25, 0.3) is 0 Å². The van der Waals surface area contributed by atoms with Crippen molar-refractivity contribution in [1.29, 1.82) is 0 Å². The van der Waals surface area contributed by atoms with E-state index in [4.69, 9.17) is 5.73 Å². The van der Waals surface area contributed by atoms with Gasteiger partial charge in [0.1, 0.15) is 5.00 Å². The summed E-state index contributed by atoms with van der Waals surface area (Å²) in [6, 6.07) is 6.54. The Bertz CT molecular complexity index is 1010. The van der Waals surface area contributed by atoms with Crippen molar-refractivity contribution < 1.29 is 18.0 Å². The van der Waals surface area contributed by atoms with Gasteiger partial charge in [0.15, 0.2) is 9.84 Å². The lowest BCUT2D eigenvalue weighted by Gasteiger charge is -2.18. The van der Waals surface area contributed by atoms with E-state index < -0.39 is 21.7 Å². The minimum atomic E-state index is -3.55. The monoisotopic (exact) mass is 420 g/mol. The lowest BCUT2D eigenvalue weighted by atomic mass is 9.88. The van der Waals surface area contributed by atoms with E-state index in [1.807, 2.05) is 6.92 Å². The molecule has 1 aliphatic rings. The quantitative estimate of drug-likeness (QED) is 0.749. The highest BCUT2D eigenvalue weighted by Crippen LogP contribution is 2.39. The van der Waals surface area contributed by atoms with Gasteiger partial charge in [-0.1, -0.05) is 24.6 Å². The minimum Gasteiger partial charge on any atom is -0.365 e. The molecule has 1 atom stereocenters. The highest BCUT2D eigenvalue weighted by atomic mass is 32.2. The number of anilines is 1. The van der Waals surface area contributed by atoms with Crippen molar-refractivity contribution in [2.24, 2.45) is 11.7 Å². The summed E-state index contributed by atoms with van der Waals surface area (Å²) < 4.78 is 24.8. The number of hydrogen-bond acceptors (Lipinski definition) is 5. The number of aryl methyl sites for hydroxylation is 1. The molecule has 28 heavy (non-hydrogen) atoms. The van der Waals surface area contributed by atoms with Gasteiger partial charge in [-0.05, 0) is 49.8 Å². The largest absolute Gasteiger partial charge is 0.365 e. The molecule has 6 nitrogen and oxygen atoms in total. The van der Waals surface area contributed by atoms with Crippen LogP contribution in [-0.2, 0) is 27.5 Å². The second kappa shape index (κ2) is 8.05. The molecule has 0 saturated carbocycles. The summed E-state index contributed by atoms with van der Waals surface area (Å²) in [6.07, 6.45) is 2.42. The summed E-state index contributed by atoms with van der Waals surface area (Å²) in [4.78, 5) is 25.6. The molecule has 0 spiro atoms. The Morgan fingerprint density at radius 2 is 1.93 bits per heavy atom. The van der Waals surface area contributed by atoms with E-state index in [1.54, 1.807) is 24.3 Å². The fraction of sp³-hybridized carbons (Fsp3) is 0.400. The maximum Gasteiger partial charge on any atom is 0.251 e. The van der Waals surface area contributed by atoms with Crippen molar-refractivity contribution >= 4 is 38.0 Å². The van der Waals surface area contributed by atoms with E-state index in [0.29, 0.717) is 16.5 Å². The number of nitrogens with one attached hydrogen (secondary N) is 1. The predicted octanol–water partition coefficient (Wildman–Crippen LogP) is 3.08. The number of thiophene rings is 1. The van der Waals surface area contributed by atoms with Gasteiger partial charge in [0.25, 0.3) is 5.91 Å². The minimum absolute atomic E-state index is 0.187. The molecule has 1 aliphatic carbocycles. The number of primary amides is 1. The first kappa shape index (κ1) is 20.5. The van der Waals surface area contributed by atoms with Crippen LogP contribution in [0.1, 0.15) is 46.1 Å². The van der Waals surface area contributed by atoms with Gasteiger partial charge in [-0.15, -0.1) is 11.3 Å². The van der Waals surface area contributed by atoms with Crippen molar-refractivity contribution in [3.05, 3.63) is 45.8 Å². The van der Waals surface area contributed by atoms with Crippen LogP contribution in [-0.4, -0.2) is 26.0 Å². The first-order valence-electron chi connectivity index (χ1n) is 9.21. The SMILES string of the molecule is Cc1ccc(S(=O)(=O)CCC(=O)Nc2sc3c(c2C(N)=O)CC[C@@H](C)C3)cc1. The van der Waals surface area contributed by atoms with Crippen LogP contribution >= 0.6 is 11.3 Å². The number of benzene rings is 1. The van der Waals surface area contributed by atoms with E-state index in [2.05, 4.69) is 12.2 Å². The summed E-state index contributed by atoms with van der Waals surface area (Å²) in [7, 11) is -3.55. The second-order valence-electron chi connectivity index (χ2n) is 7.35. The van der Waals surface area contributed by atoms with Gasteiger partial charge in [0.2, 0.25) is 5.91 Å². The van der Waals surface area contributed by atoms with Crippen molar-refractivity contribution in [3.63, 3.8) is 0 Å². The number of rotatable bonds is 6. The average Bonchev–Trinajstić information content (AvgIpc) is 2.97. The molecular weight excluding hydrogens is 396 g/mol. The summed E-state index contributed by atoms with van der Waals surface area (Å²) in [5.41, 5.74) is 7.82. The van der Waals surface area contributed by atoms with Gasteiger partial charge in [0, 0.05) is 11.3 Å². The molecule has 2 amide bonds. The normalized spacial score (nSPS) is 16.4. The molecule has 3 N–H and O–H groups in total. The number of fused-ring (bicyclic) bond motifs is 1. The van der Waals surface area contributed by atoms with Crippen molar-refractivity contribution in [2.75, 3.05) is 11.1 Å². The zero-order chi connectivity index (χ0) is 20.5. The van der Waals surface area contributed by atoms with Crippen molar-refractivity contribution in [2.45, 2.75) is 44.4 Å². The zero-order valence-electron chi connectivity index (χ0n) is 15.9. The maximum absolute atomic E-state index is 12.4. The van der Waals surface area contributed by atoms with Crippen LogP contribution in [0.15, 0.2) is 29.2 Å². The molecule has 0 fully saturated rings. The Morgan fingerprint density at radius 3 is 2.57 bits per heavy atom. The lowest BCUT2D eigenvalue weighted by Crippen LogP contribution is -2.21. The van der Waals surface area contributed by atoms with Gasteiger partial charge >= 0.3 is 0 Å². The molecule has 8 heteroatoms. The van der Waals surface area contributed by atoms with Crippen LogP contribution < -0.4 is 11.1 Å². The third-order valence-electron chi connectivity index (χ3n) is 4.99. The zero-order valence-corrected chi connectivity index (χ0v) is 17.6. The highest BCUT2D eigenvalue weighted by molar-refractivity contribution is 7.91. The topological polar surface area (TPSA) is 106 Å². The third-order valence-corrected chi connectivity index (χ3v) is 7.89. The number of hydrogen-bond donors (Lipinski definition) is 2. The number of sulfone groups is 1. The molecular formula is C20H24N2O4S2. The molecule has 0 unspecified atom stereocenters. The number of nitrogens with two attached hydrogens (primary N) is 1. The number of amides is 2. The van der Waals surface area contributed by atoms with Crippen LogP contribution in [0, 0.1) is 12.8 Å². The lowest BCUT2D eigenvalue weighted by molar-refractivity contribution is -0.115. The smallest absolute Gasteiger partial charge is 0.251 e. The predicted molar refractivity (Wildman–Crippen MR) is 111 cm³/mol. The molecule has 1 aromatic heterocycles. The average molecular weight is 421 g/mol. The summed E-state index contributed by atoms with van der Waals surface area (Å²) in [6.45, 7) is 4.03. The summed E-state index contributed by atoms with van der Waals surface area (Å²) >= 11 is 1.37. The Balaban J connectivity index is 1.71.